The van der Waals surface area contributed by atoms with E-state index in [1.54, 1.807) is 6.92 Å². The van der Waals surface area contributed by atoms with Crippen molar-refractivity contribution in [3.8, 4) is 0 Å². The Morgan fingerprint density at radius 2 is 1.30 bits per heavy atom. The first kappa shape index (κ1) is 46.6. The molecular formula is C27H21ClF18N4O3S. The predicted molar refractivity (Wildman–Crippen MR) is 151 cm³/mol. The molecule has 1 heterocycles. The van der Waals surface area contributed by atoms with Crippen LogP contribution in [0.3, 0.4) is 0 Å². The van der Waals surface area contributed by atoms with Crippen molar-refractivity contribution in [1.82, 2.24) is 4.98 Å². The maximum atomic E-state index is 14.2. The second kappa shape index (κ2) is 15.5. The van der Waals surface area contributed by atoms with Gasteiger partial charge in [0.05, 0.1) is 18.7 Å². The summed E-state index contributed by atoms with van der Waals surface area (Å²) in [6.07, 6.45) is -12.1. The molecule has 1 aromatic carbocycles. The minimum Gasteiger partial charge on any atom is -0.464 e. The highest BCUT2D eigenvalue weighted by atomic mass is 35.5. The van der Waals surface area contributed by atoms with Crippen LogP contribution in [0.1, 0.15) is 36.4 Å². The van der Waals surface area contributed by atoms with Crippen LogP contribution >= 0.6 is 22.9 Å². The molecule has 0 saturated carbocycles. The minimum atomic E-state index is -8.67. The molecule has 2 aromatic rings. The first-order chi connectivity index (χ1) is 24.2. The number of hydrogen-bond acceptors (Lipinski definition) is 8. The Morgan fingerprint density at radius 3 is 1.76 bits per heavy atom. The lowest BCUT2D eigenvalue weighted by Crippen LogP contribution is -2.76. The van der Waals surface area contributed by atoms with Crippen LogP contribution in [-0.4, -0.2) is 90.2 Å². The van der Waals surface area contributed by atoms with Crippen LogP contribution in [0, 0.1) is 0 Å². The number of aldehydes is 1. The normalized spacial score (nSPS) is 15.4. The monoisotopic (exact) mass is 858 g/mol. The lowest BCUT2D eigenvalue weighted by atomic mass is 9.82. The summed E-state index contributed by atoms with van der Waals surface area (Å²) in [5.41, 5.74) is -6.63. The van der Waals surface area contributed by atoms with Crippen LogP contribution in [-0.2, 0) is 9.53 Å². The summed E-state index contributed by atoms with van der Waals surface area (Å²) in [5.74, 6) is -58.3. The standard InChI is InChI=1S/C27H21ClF18N4O3S/c1-3-50(14-6-4-13(5-7-14)48-49-18-47-17(28)15(12-51)54-18)10-11-53-16(52)8-9-20(30,31)23(36,37)25(40,41)26(42,43)24(38,39)21(32,33)19(2,29)22(34,35)27(44,45)46/h4-7,12H,3,8-11H2,1-2H3. The minimum absolute atomic E-state index is 0.0428. The average Bonchev–Trinajstić information content (AvgIpc) is 3.43. The van der Waals surface area contributed by atoms with Gasteiger partial charge in [0, 0.05) is 18.7 Å². The smallest absolute Gasteiger partial charge is 0.457 e. The van der Waals surface area contributed by atoms with E-state index in [1.807, 2.05) is 0 Å². The number of rotatable bonds is 18. The van der Waals surface area contributed by atoms with Gasteiger partial charge < -0.3 is 9.64 Å². The Balaban J connectivity index is 2.13. The second-order valence-electron chi connectivity index (χ2n) is 10.9. The number of halogens is 19. The third-order valence-electron chi connectivity index (χ3n) is 7.39. The van der Waals surface area contributed by atoms with Crippen molar-refractivity contribution in [2.45, 2.75) is 80.0 Å². The molecule has 7 nitrogen and oxygen atoms in total. The summed E-state index contributed by atoms with van der Waals surface area (Å²) in [6, 6.07) is 5.71. The Bertz CT molecular complexity index is 1670. The van der Waals surface area contributed by atoms with Gasteiger partial charge in [-0.25, -0.2) is 9.37 Å². The molecule has 0 aliphatic heterocycles. The van der Waals surface area contributed by atoms with Crippen LogP contribution in [0.15, 0.2) is 34.5 Å². The van der Waals surface area contributed by atoms with Gasteiger partial charge in [0.25, 0.3) is 0 Å². The molecule has 0 fully saturated rings. The highest BCUT2D eigenvalue weighted by Crippen LogP contribution is 2.65. The number of hydrogen-bond donors (Lipinski definition) is 0. The number of anilines is 1. The van der Waals surface area contributed by atoms with Crippen LogP contribution in [0.5, 0.6) is 0 Å². The number of carbonyl (C=O) groups excluding carboxylic acids is 2. The van der Waals surface area contributed by atoms with Crippen molar-refractivity contribution in [3.05, 3.63) is 34.3 Å². The van der Waals surface area contributed by atoms with Gasteiger partial charge in [0.15, 0.2) is 11.4 Å². The van der Waals surface area contributed by atoms with Crippen molar-refractivity contribution >= 4 is 51.7 Å². The van der Waals surface area contributed by atoms with Gasteiger partial charge in [0.1, 0.15) is 11.5 Å². The molecule has 54 heavy (non-hydrogen) atoms. The number of ether oxygens (including phenoxy) is 1. The second-order valence-corrected chi connectivity index (χ2v) is 12.3. The molecule has 0 aliphatic carbocycles. The summed E-state index contributed by atoms with van der Waals surface area (Å²) in [7, 11) is 0. The van der Waals surface area contributed by atoms with Gasteiger partial charge in [-0.05, 0) is 38.1 Å². The number of benzene rings is 1. The molecule has 0 aliphatic rings. The summed E-state index contributed by atoms with van der Waals surface area (Å²) < 4.78 is 251. The van der Waals surface area contributed by atoms with E-state index in [0.29, 0.717) is 12.0 Å². The average molecular weight is 859 g/mol. The fourth-order valence-electron chi connectivity index (χ4n) is 4.06. The molecule has 306 valence electrons. The van der Waals surface area contributed by atoms with Crippen LogP contribution < -0.4 is 4.90 Å². The van der Waals surface area contributed by atoms with E-state index in [0.717, 1.165) is 11.3 Å². The van der Waals surface area contributed by atoms with Crippen LogP contribution in [0.25, 0.3) is 0 Å². The molecule has 0 bridgehead atoms. The number of likely N-dealkylation sites (N-methyl/N-ethyl adjacent to an activating group) is 1. The van der Waals surface area contributed by atoms with Gasteiger partial charge in [-0.1, -0.05) is 22.9 Å². The molecule has 0 spiro atoms. The first-order valence-electron chi connectivity index (χ1n) is 14.2. The topological polar surface area (TPSA) is 84.2 Å². The maximum Gasteiger partial charge on any atom is 0.457 e. The molecule has 0 N–H and O–H groups in total. The molecule has 1 unspecified atom stereocenters. The van der Waals surface area contributed by atoms with Crippen molar-refractivity contribution in [2.75, 3.05) is 24.6 Å². The lowest BCUT2D eigenvalue weighted by molar-refractivity contribution is -0.450. The predicted octanol–water partition coefficient (Wildman–Crippen LogP) is 10.9. The van der Waals surface area contributed by atoms with Crippen LogP contribution in [0.4, 0.5) is 95.5 Å². The fourth-order valence-corrected chi connectivity index (χ4v) is 4.94. The summed E-state index contributed by atoms with van der Waals surface area (Å²) >= 11 is 6.56. The van der Waals surface area contributed by atoms with Gasteiger partial charge in [-0.3, -0.25) is 9.59 Å². The summed E-state index contributed by atoms with van der Waals surface area (Å²) in [6.45, 7) is -1.12. The molecular weight excluding hydrogens is 838 g/mol. The summed E-state index contributed by atoms with van der Waals surface area (Å²) in [5, 5.41) is 7.61. The molecule has 0 saturated heterocycles. The highest BCUT2D eigenvalue weighted by Gasteiger charge is 2.94. The van der Waals surface area contributed by atoms with E-state index >= 15 is 0 Å². The Hall–Kier alpha value is -3.58. The van der Waals surface area contributed by atoms with Crippen LogP contribution in [0.2, 0.25) is 5.15 Å². The molecule has 2 rings (SSSR count). The molecule has 1 atom stereocenters. The van der Waals surface area contributed by atoms with E-state index in [-0.39, 0.29) is 33.9 Å². The van der Waals surface area contributed by atoms with Gasteiger partial charge in [-0.15, -0.1) is 10.2 Å². The third kappa shape index (κ3) is 8.17. The Kier molecular flexibility index (Phi) is 13.4. The molecule has 27 heteroatoms. The number of carbonyl (C=O) groups is 2. The first-order valence-corrected chi connectivity index (χ1v) is 15.4. The maximum absolute atomic E-state index is 14.2. The zero-order valence-corrected chi connectivity index (χ0v) is 28.1. The number of azo groups is 1. The largest absolute Gasteiger partial charge is 0.464 e. The number of thiazole rings is 1. The number of aromatic nitrogens is 1. The summed E-state index contributed by atoms with van der Waals surface area (Å²) in [4.78, 5) is 28.1. The molecule has 1 aromatic heterocycles. The van der Waals surface area contributed by atoms with Gasteiger partial charge in [0.2, 0.25) is 10.8 Å². The zero-order chi connectivity index (χ0) is 42.1. The fraction of sp³-hybridized carbons (Fsp3) is 0.593. The van der Waals surface area contributed by atoms with Gasteiger partial charge >= 0.3 is 53.6 Å². The SMILES string of the molecule is CCN(CCOC(=O)CCC(F)(F)C(F)(F)C(F)(F)C(F)(F)C(F)(F)C(F)(F)C(C)(F)C(F)(F)C(F)(F)F)c1ccc(N=Nc2nc(Cl)c(C=O)s2)cc1. The van der Waals surface area contributed by atoms with E-state index in [4.69, 9.17) is 11.6 Å². The van der Waals surface area contributed by atoms with E-state index in [1.165, 1.54) is 29.2 Å². The van der Waals surface area contributed by atoms with E-state index in [9.17, 15) is 88.6 Å². The number of alkyl halides is 18. The molecule has 0 radical (unpaired) electrons. The number of nitrogens with zero attached hydrogens (tertiary/aromatic N) is 4. The quantitative estimate of drug-likeness (QED) is 0.0645. The lowest BCUT2D eigenvalue weighted by Gasteiger charge is -2.45. The van der Waals surface area contributed by atoms with E-state index < -0.39 is 85.6 Å². The Labute approximate surface area is 299 Å². The van der Waals surface area contributed by atoms with Crippen molar-refractivity contribution in [3.63, 3.8) is 0 Å². The number of esters is 1. The van der Waals surface area contributed by atoms with Gasteiger partial charge in [-0.2, -0.15) is 74.6 Å². The zero-order valence-electron chi connectivity index (χ0n) is 26.5. The van der Waals surface area contributed by atoms with Crippen molar-refractivity contribution in [1.29, 1.82) is 0 Å². The Morgan fingerprint density at radius 1 is 0.796 bits per heavy atom. The van der Waals surface area contributed by atoms with Crippen molar-refractivity contribution in [2.24, 2.45) is 10.2 Å². The highest BCUT2D eigenvalue weighted by molar-refractivity contribution is 7.17. The van der Waals surface area contributed by atoms with Crippen molar-refractivity contribution < 1.29 is 93.4 Å². The van der Waals surface area contributed by atoms with E-state index in [2.05, 4.69) is 19.9 Å². The third-order valence-corrected chi connectivity index (χ3v) is 8.66. The molecule has 0 amide bonds.